The number of aromatic nitrogens is 4. The molecule has 0 N–H and O–H groups in total. The van der Waals surface area contributed by atoms with Crippen molar-refractivity contribution in [3.05, 3.63) is 76.0 Å². The number of nitrogens with zero attached hydrogens (tertiary/aromatic N) is 5. The Hall–Kier alpha value is -2.34. The molecular weight excluding hydrogens is 366 g/mol. The van der Waals surface area contributed by atoms with Crippen LogP contribution in [0.15, 0.2) is 53.3 Å². The first-order valence-electron chi connectivity index (χ1n) is 7.68. The first-order valence-corrected chi connectivity index (χ1v) is 8.47. The zero-order valence-corrected chi connectivity index (χ0v) is 15.2. The van der Waals surface area contributed by atoms with E-state index in [0.717, 1.165) is 27.2 Å². The summed E-state index contributed by atoms with van der Waals surface area (Å²) in [4.78, 5) is 20.1. The second kappa shape index (κ2) is 7.49. The predicted molar refractivity (Wildman–Crippen MR) is 97.6 cm³/mol. The van der Waals surface area contributed by atoms with Crippen LogP contribution in [0.3, 0.4) is 0 Å². The Morgan fingerprint density at radius 1 is 0.833 bits per heavy atom. The van der Waals surface area contributed by atoms with Crippen LogP contribution in [-0.2, 0) is 13.1 Å². The lowest BCUT2D eigenvalue weighted by Gasteiger charge is -2.22. The molecule has 0 fully saturated rings. The molecule has 24 heavy (non-hydrogen) atoms. The van der Waals surface area contributed by atoms with Crippen molar-refractivity contribution in [2.45, 2.75) is 26.9 Å². The normalized spacial score (nSPS) is 10.6. The molecule has 3 heterocycles. The molecule has 0 unspecified atom stereocenters. The molecule has 5 nitrogen and oxygen atoms in total. The highest BCUT2D eigenvalue weighted by molar-refractivity contribution is 9.10. The number of aryl methyl sites for hydroxylation is 2. The minimum atomic E-state index is 0.624. The van der Waals surface area contributed by atoms with Crippen molar-refractivity contribution < 1.29 is 0 Å². The fourth-order valence-corrected chi connectivity index (χ4v) is 2.64. The molecule has 0 saturated heterocycles. The molecule has 0 aliphatic rings. The lowest BCUT2D eigenvalue weighted by molar-refractivity contribution is 0.731. The maximum absolute atomic E-state index is 4.59. The number of hydrogen-bond donors (Lipinski definition) is 0. The van der Waals surface area contributed by atoms with Gasteiger partial charge >= 0.3 is 0 Å². The van der Waals surface area contributed by atoms with E-state index in [-0.39, 0.29) is 0 Å². The van der Waals surface area contributed by atoms with Gasteiger partial charge in [-0.3, -0.25) is 9.97 Å². The summed E-state index contributed by atoms with van der Waals surface area (Å²) in [5, 5.41) is 0. The predicted octanol–water partition coefficient (Wildman–Crippen LogP) is 3.85. The van der Waals surface area contributed by atoms with Crippen molar-refractivity contribution in [3.63, 3.8) is 0 Å². The third-order valence-electron chi connectivity index (χ3n) is 3.49. The molecule has 0 aliphatic carbocycles. The SMILES string of the molecule is Cc1cccc(CN(Cc2cccc(C)n2)c2ncc(Br)cn2)n1. The van der Waals surface area contributed by atoms with Gasteiger partial charge in [0.1, 0.15) is 0 Å². The Labute approximate surface area is 150 Å². The fourth-order valence-electron chi connectivity index (χ4n) is 2.43. The third-order valence-corrected chi connectivity index (χ3v) is 3.90. The Morgan fingerprint density at radius 2 is 1.33 bits per heavy atom. The highest BCUT2D eigenvalue weighted by Gasteiger charge is 2.13. The summed E-state index contributed by atoms with van der Waals surface area (Å²) in [5.74, 6) is 0.657. The molecule has 3 aromatic rings. The van der Waals surface area contributed by atoms with Crippen LogP contribution in [-0.4, -0.2) is 19.9 Å². The lowest BCUT2D eigenvalue weighted by atomic mass is 10.2. The molecule has 0 bridgehead atoms. The Bertz CT molecular complexity index is 772. The Balaban J connectivity index is 1.89. The van der Waals surface area contributed by atoms with Crippen LogP contribution in [0.4, 0.5) is 5.95 Å². The van der Waals surface area contributed by atoms with Gasteiger partial charge in [-0.25, -0.2) is 9.97 Å². The van der Waals surface area contributed by atoms with E-state index in [9.17, 15) is 0 Å². The topological polar surface area (TPSA) is 54.8 Å². The van der Waals surface area contributed by atoms with Gasteiger partial charge in [0.25, 0.3) is 0 Å². The number of rotatable bonds is 5. The molecule has 0 amide bonds. The zero-order valence-electron chi connectivity index (χ0n) is 13.6. The number of pyridine rings is 2. The summed E-state index contributed by atoms with van der Waals surface area (Å²) >= 11 is 3.38. The molecule has 0 atom stereocenters. The number of halogens is 1. The van der Waals surface area contributed by atoms with E-state index >= 15 is 0 Å². The Kier molecular flexibility index (Phi) is 5.15. The highest BCUT2D eigenvalue weighted by Crippen LogP contribution is 2.16. The summed E-state index contributed by atoms with van der Waals surface area (Å²) in [5.41, 5.74) is 3.96. The summed E-state index contributed by atoms with van der Waals surface area (Å²) in [7, 11) is 0. The van der Waals surface area contributed by atoms with E-state index in [2.05, 4.69) is 40.8 Å². The summed E-state index contributed by atoms with van der Waals surface area (Å²) in [6, 6.07) is 12.1. The number of hydrogen-bond acceptors (Lipinski definition) is 5. The summed E-state index contributed by atoms with van der Waals surface area (Å²) in [6.45, 7) is 5.23. The molecule has 0 spiro atoms. The quantitative estimate of drug-likeness (QED) is 0.669. The zero-order chi connectivity index (χ0) is 16.9. The van der Waals surface area contributed by atoms with Gasteiger partial charge < -0.3 is 4.90 Å². The molecule has 3 aromatic heterocycles. The van der Waals surface area contributed by atoms with Crippen LogP contribution in [0.1, 0.15) is 22.8 Å². The van der Waals surface area contributed by atoms with E-state index in [0.29, 0.717) is 19.0 Å². The van der Waals surface area contributed by atoms with Crippen molar-refractivity contribution >= 4 is 21.9 Å². The van der Waals surface area contributed by atoms with Gasteiger partial charge in [0.2, 0.25) is 5.95 Å². The van der Waals surface area contributed by atoms with Gasteiger partial charge in [-0.2, -0.15) is 0 Å². The van der Waals surface area contributed by atoms with Crippen LogP contribution in [0.5, 0.6) is 0 Å². The minimum absolute atomic E-state index is 0.624. The molecule has 0 aliphatic heterocycles. The molecule has 0 aromatic carbocycles. The van der Waals surface area contributed by atoms with E-state index in [4.69, 9.17) is 0 Å². The highest BCUT2D eigenvalue weighted by atomic mass is 79.9. The fraction of sp³-hybridized carbons (Fsp3) is 0.222. The first-order chi connectivity index (χ1) is 11.6. The van der Waals surface area contributed by atoms with E-state index in [1.807, 2.05) is 50.2 Å². The van der Waals surface area contributed by atoms with Crippen molar-refractivity contribution in [2.24, 2.45) is 0 Å². The summed E-state index contributed by atoms with van der Waals surface area (Å²) < 4.78 is 0.855. The van der Waals surface area contributed by atoms with Gasteiger partial charge in [-0.1, -0.05) is 12.1 Å². The monoisotopic (exact) mass is 383 g/mol. The van der Waals surface area contributed by atoms with Crippen LogP contribution in [0, 0.1) is 13.8 Å². The molecule has 6 heteroatoms. The largest absolute Gasteiger partial charge is 0.329 e. The first kappa shape index (κ1) is 16.5. The molecule has 0 saturated carbocycles. The van der Waals surface area contributed by atoms with Crippen LogP contribution >= 0.6 is 15.9 Å². The molecular formula is C18H18BrN5. The smallest absolute Gasteiger partial charge is 0.226 e. The van der Waals surface area contributed by atoms with Crippen molar-refractivity contribution in [1.29, 1.82) is 0 Å². The van der Waals surface area contributed by atoms with Gasteiger partial charge in [0.15, 0.2) is 0 Å². The van der Waals surface area contributed by atoms with E-state index < -0.39 is 0 Å². The van der Waals surface area contributed by atoms with E-state index in [1.165, 1.54) is 0 Å². The van der Waals surface area contributed by atoms with Crippen LogP contribution < -0.4 is 4.90 Å². The minimum Gasteiger partial charge on any atom is -0.329 e. The lowest BCUT2D eigenvalue weighted by Crippen LogP contribution is -2.25. The van der Waals surface area contributed by atoms with Gasteiger partial charge in [0.05, 0.1) is 29.0 Å². The van der Waals surface area contributed by atoms with Gasteiger partial charge in [-0.15, -0.1) is 0 Å². The molecule has 122 valence electrons. The maximum Gasteiger partial charge on any atom is 0.226 e. The van der Waals surface area contributed by atoms with Crippen molar-refractivity contribution in [3.8, 4) is 0 Å². The summed E-state index contributed by atoms with van der Waals surface area (Å²) in [6.07, 6.45) is 3.51. The molecule has 0 radical (unpaired) electrons. The Morgan fingerprint density at radius 3 is 1.79 bits per heavy atom. The van der Waals surface area contributed by atoms with Crippen LogP contribution in [0.2, 0.25) is 0 Å². The molecule has 3 rings (SSSR count). The van der Waals surface area contributed by atoms with E-state index in [1.54, 1.807) is 12.4 Å². The standard InChI is InChI=1S/C18H18BrN5/c1-13-5-3-7-16(22-13)11-24(18-20-9-15(19)10-21-18)12-17-8-4-6-14(2)23-17/h3-10H,11-12H2,1-2H3. The van der Waals surface area contributed by atoms with Crippen molar-refractivity contribution in [2.75, 3.05) is 4.90 Å². The maximum atomic E-state index is 4.59. The van der Waals surface area contributed by atoms with Crippen LogP contribution in [0.25, 0.3) is 0 Å². The average Bonchev–Trinajstić information content (AvgIpc) is 2.55. The second-order valence-electron chi connectivity index (χ2n) is 5.60. The van der Waals surface area contributed by atoms with Gasteiger partial charge in [-0.05, 0) is 54.0 Å². The second-order valence-corrected chi connectivity index (χ2v) is 6.51. The number of anilines is 1. The average molecular weight is 384 g/mol. The third kappa shape index (κ3) is 4.35. The van der Waals surface area contributed by atoms with Gasteiger partial charge in [0, 0.05) is 23.8 Å². The van der Waals surface area contributed by atoms with Crippen molar-refractivity contribution in [1.82, 2.24) is 19.9 Å².